The van der Waals surface area contributed by atoms with Gasteiger partial charge in [-0.2, -0.15) is 0 Å². The summed E-state index contributed by atoms with van der Waals surface area (Å²) in [5, 5.41) is 12.6. The van der Waals surface area contributed by atoms with Crippen LogP contribution in [0.5, 0.6) is 5.75 Å². The SMILES string of the molecule is CC(C)COc1ccc(NC(=O)c2cnc(N(C)CCc3ccccc3)nc2CCc2ccc(C(C)(C)C)cc2)cc1C(=O)O. The number of carboxylic acid groups (broad SMARTS) is 1. The molecule has 0 bridgehead atoms. The largest absolute Gasteiger partial charge is 0.492 e. The first-order valence-corrected chi connectivity index (χ1v) is 15.4. The van der Waals surface area contributed by atoms with Gasteiger partial charge in [-0.1, -0.05) is 89.2 Å². The zero-order valence-corrected chi connectivity index (χ0v) is 27.1. The molecule has 0 saturated carbocycles. The summed E-state index contributed by atoms with van der Waals surface area (Å²) >= 11 is 0. The van der Waals surface area contributed by atoms with Crippen LogP contribution < -0.4 is 15.0 Å². The predicted octanol–water partition coefficient (Wildman–Crippen LogP) is 7.22. The fourth-order valence-corrected chi connectivity index (χ4v) is 4.80. The molecule has 1 amide bonds. The molecule has 8 heteroatoms. The first-order valence-electron chi connectivity index (χ1n) is 15.4. The van der Waals surface area contributed by atoms with E-state index in [1.54, 1.807) is 18.3 Å². The molecule has 0 atom stereocenters. The summed E-state index contributed by atoms with van der Waals surface area (Å²) in [7, 11) is 1.95. The van der Waals surface area contributed by atoms with Gasteiger partial charge in [-0.15, -0.1) is 0 Å². The maximum atomic E-state index is 13.6. The molecule has 0 aliphatic rings. The second-order valence-electron chi connectivity index (χ2n) is 12.8. The first kappa shape index (κ1) is 33.2. The smallest absolute Gasteiger partial charge is 0.339 e. The minimum absolute atomic E-state index is 0.0148. The Kier molecular flexibility index (Phi) is 10.9. The molecule has 0 fully saturated rings. The minimum atomic E-state index is -1.13. The Morgan fingerprint density at radius 2 is 1.60 bits per heavy atom. The second-order valence-corrected chi connectivity index (χ2v) is 12.8. The summed E-state index contributed by atoms with van der Waals surface area (Å²) < 4.78 is 5.69. The van der Waals surface area contributed by atoms with E-state index in [-0.39, 0.29) is 22.6 Å². The van der Waals surface area contributed by atoms with E-state index in [0.717, 1.165) is 12.0 Å². The Labute approximate surface area is 266 Å². The van der Waals surface area contributed by atoms with Crippen molar-refractivity contribution in [2.75, 3.05) is 30.4 Å². The summed E-state index contributed by atoms with van der Waals surface area (Å²) in [4.78, 5) is 36.9. The maximum absolute atomic E-state index is 13.6. The van der Waals surface area contributed by atoms with Crippen LogP contribution in [0.4, 0.5) is 11.6 Å². The summed E-state index contributed by atoms with van der Waals surface area (Å²) in [5.41, 5.74) is 5.00. The minimum Gasteiger partial charge on any atom is -0.492 e. The molecule has 0 saturated heterocycles. The van der Waals surface area contributed by atoms with Crippen molar-refractivity contribution >= 4 is 23.5 Å². The number of benzene rings is 3. The van der Waals surface area contributed by atoms with Crippen LogP contribution in [-0.4, -0.2) is 47.2 Å². The van der Waals surface area contributed by atoms with Crippen LogP contribution >= 0.6 is 0 Å². The number of hydrogen-bond donors (Lipinski definition) is 2. The molecule has 1 heterocycles. The Balaban J connectivity index is 1.57. The average Bonchev–Trinajstić information content (AvgIpc) is 3.02. The molecule has 0 unspecified atom stereocenters. The highest BCUT2D eigenvalue weighted by Crippen LogP contribution is 2.26. The van der Waals surface area contributed by atoms with Crippen molar-refractivity contribution in [1.29, 1.82) is 0 Å². The van der Waals surface area contributed by atoms with Gasteiger partial charge in [-0.25, -0.2) is 14.8 Å². The number of carbonyl (C=O) groups is 2. The van der Waals surface area contributed by atoms with E-state index in [1.807, 2.05) is 44.0 Å². The Morgan fingerprint density at radius 1 is 0.911 bits per heavy atom. The molecule has 0 spiro atoms. The van der Waals surface area contributed by atoms with E-state index in [4.69, 9.17) is 9.72 Å². The number of carbonyl (C=O) groups excluding carboxylic acids is 1. The number of hydrogen-bond acceptors (Lipinski definition) is 6. The van der Waals surface area contributed by atoms with Gasteiger partial charge in [-0.3, -0.25) is 4.79 Å². The molecule has 4 aromatic rings. The number of anilines is 2. The average molecular weight is 609 g/mol. The van der Waals surface area contributed by atoms with Gasteiger partial charge in [0.2, 0.25) is 5.95 Å². The van der Waals surface area contributed by atoms with E-state index in [0.29, 0.717) is 48.9 Å². The molecule has 4 rings (SSSR count). The number of amides is 1. The third kappa shape index (κ3) is 9.38. The lowest BCUT2D eigenvalue weighted by molar-refractivity contribution is 0.0691. The Morgan fingerprint density at radius 3 is 2.24 bits per heavy atom. The summed E-state index contributed by atoms with van der Waals surface area (Å²) in [6.45, 7) is 11.6. The van der Waals surface area contributed by atoms with E-state index in [9.17, 15) is 14.7 Å². The molecule has 2 N–H and O–H groups in total. The normalized spacial score (nSPS) is 11.4. The van der Waals surface area contributed by atoms with Gasteiger partial charge in [0.25, 0.3) is 5.91 Å². The van der Waals surface area contributed by atoms with Gasteiger partial charge in [0.15, 0.2) is 0 Å². The molecule has 0 aliphatic carbocycles. The fraction of sp³-hybridized carbons (Fsp3) is 0.351. The molecule has 1 aromatic heterocycles. The van der Waals surface area contributed by atoms with Gasteiger partial charge in [0, 0.05) is 25.5 Å². The lowest BCUT2D eigenvalue weighted by Gasteiger charge is -2.20. The van der Waals surface area contributed by atoms with Gasteiger partial charge in [0.05, 0.1) is 17.9 Å². The van der Waals surface area contributed by atoms with Crippen molar-refractivity contribution in [3.63, 3.8) is 0 Å². The first-order chi connectivity index (χ1) is 21.4. The number of aromatic nitrogens is 2. The summed E-state index contributed by atoms with van der Waals surface area (Å²) in [5.74, 6) is -0.492. The van der Waals surface area contributed by atoms with Crippen molar-refractivity contribution in [3.8, 4) is 5.75 Å². The van der Waals surface area contributed by atoms with Crippen LogP contribution in [-0.2, 0) is 24.7 Å². The van der Waals surface area contributed by atoms with Crippen molar-refractivity contribution < 1.29 is 19.4 Å². The van der Waals surface area contributed by atoms with Crippen molar-refractivity contribution in [3.05, 3.63) is 113 Å². The topological polar surface area (TPSA) is 105 Å². The van der Waals surface area contributed by atoms with Gasteiger partial charge in [0.1, 0.15) is 11.3 Å². The highest BCUT2D eigenvalue weighted by molar-refractivity contribution is 6.05. The molecular formula is C37H44N4O4. The number of carboxylic acids is 1. The van der Waals surface area contributed by atoms with E-state index >= 15 is 0 Å². The summed E-state index contributed by atoms with van der Waals surface area (Å²) in [6, 6.07) is 23.4. The van der Waals surface area contributed by atoms with Gasteiger partial charge in [-0.05, 0) is 65.5 Å². The molecular weight excluding hydrogens is 564 g/mol. The number of rotatable bonds is 13. The molecule has 8 nitrogen and oxygen atoms in total. The van der Waals surface area contributed by atoms with Crippen LogP contribution in [0, 0.1) is 5.92 Å². The maximum Gasteiger partial charge on any atom is 0.339 e. The number of nitrogens with one attached hydrogen (secondary N) is 1. The molecule has 236 valence electrons. The number of likely N-dealkylation sites (N-methyl/N-ethyl adjacent to an activating group) is 1. The summed E-state index contributed by atoms with van der Waals surface area (Å²) in [6.07, 6.45) is 3.62. The number of aromatic carboxylic acids is 1. The van der Waals surface area contributed by atoms with Crippen LogP contribution in [0.3, 0.4) is 0 Å². The van der Waals surface area contributed by atoms with E-state index < -0.39 is 11.9 Å². The monoisotopic (exact) mass is 608 g/mol. The Hall–Kier alpha value is -4.72. The Bertz CT molecular complexity index is 1600. The molecule has 0 aliphatic heterocycles. The molecule has 3 aromatic carbocycles. The number of nitrogens with zero attached hydrogens (tertiary/aromatic N) is 3. The zero-order chi connectivity index (χ0) is 32.6. The van der Waals surface area contributed by atoms with E-state index in [1.165, 1.54) is 17.2 Å². The highest BCUT2D eigenvalue weighted by atomic mass is 16.5. The number of aryl methyl sites for hydroxylation is 2. The third-order valence-electron chi connectivity index (χ3n) is 7.53. The lowest BCUT2D eigenvalue weighted by atomic mass is 9.86. The van der Waals surface area contributed by atoms with E-state index in [2.05, 4.69) is 67.5 Å². The molecule has 45 heavy (non-hydrogen) atoms. The lowest BCUT2D eigenvalue weighted by Crippen LogP contribution is -2.24. The van der Waals surface area contributed by atoms with Crippen molar-refractivity contribution in [1.82, 2.24) is 9.97 Å². The van der Waals surface area contributed by atoms with Crippen LogP contribution in [0.25, 0.3) is 0 Å². The molecule has 0 radical (unpaired) electrons. The van der Waals surface area contributed by atoms with Crippen molar-refractivity contribution in [2.24, 2.45) is 5.92 Å². The second kappa shape index (κ2) is 14.8. The van der Waals surface area contributed by atoms with Crippen LogP contribution in [0.15, 0.2) is 79.0 Å². The number of ether oxygens (including phenoxy) is 1. The predicted molar refractivity (Wildman–Crippen MR) is 180 cm³/mol. The third-order valence-corrected chi connectivity index (χ3v) is 7.53. The van der Waals surface area contributed by atoms with Crippen LogP contribution in [0.1, 0.15) is 77.7 Å². The quantitative estimate of drug-likeness (QED) is 0.165. The van der Waals surface area contributed by atoms with Gasteiger partial charge < -0.3 is 20.1 Å². The highest BCUT2D eigenvalue weighted by Gasteiger charge is 2.19. The van der Waals surface area contributed by atoms with Crippen LogP contribution in [0.2, 0.25) is 0 Å². The fourth-order valence-electron chi connectivity index (χ4n) is 4.80. The zero-order valence-electron chi connectivity index (χ0n) is 27.1. The van der Waals surface area contributed by atoms with Gasteiger partial charge >= 0.3 is 5.97 Å². The van der Waals surface area contributed by atoms with Crippen molar-refractivity contribution in [2.45, 2.75) is 59.3 Å². The standard InChI is InChI=1S/C37H44N4O4/c1-25(2)24-45-33-19-17-29(22-30(33)35(43)44)39-34(42)31-23-38-36(41(6)21-20-26-10-8-7-9-11-26)40-32(31)18-14-27-12-15-28(16-13-27)37(3,4)5/h7-13,15-17,19,22-23,25H,14,18,20-21,24H2,1-6H3,(H,39,42)(H,43,44).